The van der Waals surface area contributed by atoms with Gasteiger partial charge in [-0.3, -0.25) is 0 Å². The Balaban J connectivity index is 2.32. The average molecular weight is 291 g/mol. The third-order valence-corrected chi connectivity index (χ3v) is 3.34. The maximum absolute atomic E-state index is 6.19. The van der Waals surface area contributed by atoms with Gasteiger partial charge < -0.3 is 15.1 Å². The molecule has 2 rings (SSSR count). The molecule has 0 aliphatic carbocycles. The predicted molar refractivity (Wildman–Crippen MR) is 74.3 cm³/mol. The van der Waals surface area contributed by atoms with Crippen LogP contribution in [0.2, 0.25) is 10.0 Å². The van der Waals surface area contributed by atoms with Crippen LogP contribution < -0.4 is 16.2 Å². The molecule has 0 aromatic carbocycles. The van der Waals surface area contributed by atoms with Crippen molar-refractivity contribution in [3.8, 4) is 0 Å². The Bertz CT molecular complexity index is 453. The molecule has 0 unspecified atom stereocenters. The van der Waals surface area contributed by atoms with Gasteiger partial charge in [0.2, 0.25) is 0 Å². The van der Waals surface area contributed by atoms with Crippen molar-refractivity contribution in [2.75, 3.05) is 30.0 Å². The monoisotopic (exact) mass is 290 g/mol. The van der Waals surface area contributed by atoms with Crippen LogP contribution in [-0.4, -0.2) is 30.3 Å². The number of nitrogens with zero attached hydrogens (tertiary/aromatic N) is 2. The molecule has 18 heavy (non-hydrogen) atoms. The standard InChI is InChI=1S/C11H16Cl2N4O/c1-11(2)6-17(3-4-18-11)10-8(13)5-7(12)9(15-10)16-14/h5H,3-4,6,14H2,1-2H3,(H,15,16). The van der Waals surface area contributed by atoms with E-state index in [-0.39, 0.29) is 5.60 Å². The first-order chi connectivity index (χ1) is 8.43. The molecule has 1 aromatic rings. The van der Waals surface area contributed by atoms with E-state index in [1.807, 2.05) is 13.8 Å². The van der Waals surface area contributed by atoms with E-state index >= 15 is 0 Å². The molecule has 100 valence electrons. The third kappa shape index (κ3) is 2.80. The number of rotatable bonds is 2. The first-order valence-corrected chi connectivity index (χ1v) is 6.40. The Labute approximate surface area is 116 Å². The van der Waals surface area contributed by atoms with Crippen molar-refractivity contribution < 1.29 is 4.74 Å². The maximum Gasteiger partial charge on any atom is 0.161 e. The molecule has 2 heterocycles. The summed E-state index contributed by atoms with van der Waals surface area (Å²) < 4.78 is 5.66. The van der Waals surface area contributed by atoms with E-state index in [1.165, 1.54) is 0 Å². The summed E-state index contributed by atoms with van der Waals surface area (Å²) in [5.41, 5.74) is 2.24. The molecule has 1 aliphatic heterocycles. The molecule has 0 saturated carbocycles. The highest BCUT2D eigenvalue weighted by Gasteiger charge is 2.29. The molecule has 0 amide bonds. The fourth-order valence-corrected chi connectivity index (χ4v) is 2.51. The first-order valence-electron chi connectivity index (χ1n) is 5.64. The topological polar surface area (TPSA) is 63.4 Å². The molecule has 3 N–H and O–H groups in total. The summed E-state index contributed by atoms with van der Waals surface area (Å²) in [6.07, 6.45) is 0. The molecule has 5 nitrogen and oxygen atoms in total. The van der Waals surface area contributed by atoms with E-state index in [1.54, 1.807) is 6.07 Å². The molecule has 7 heteroatoms. The van der Waals surface area contributed by atoms with Gasteiger partial charge in [0.1, 0.15) is 5.82 Å². The summed E-state index contributed by atoms with van der Waals surface area (Å²) in [5, 5.41) is 0.912. The van der Waals surface area contributed by atoms with Gasteiger partial charge in [0.05, 0.1) is 22.3 Å². The number of hydrogen-bond acceptors (Lipinski definition) is 5. The van der Waals surface area contributed by atoms with Gasteiger partial charge in [-0.15, -0.1) is 0 Å². The number of pyridine rings is 1. The smallest absolute Gasteiger partial charge is 0.161 e. The SMILES string of the molecule is CC1(C)CN(c2nc(NN)c(Cl)cc2Cl)CCO1. The number of anilines is 2. The van der Waals surface area contributed by atoms with Crippen molar-refractivity contribution in [1.29, 1.82) is 0 Å². The molecule has 1 aliphatic rings. The lowest BCUT2D eigenvalue weighted by molar-refractivity contribution is -0.0278. The first kappa shape index (κ1) is 13.7. The molecule has 1 saturated heterocycles. The highest BCUT2D eigenvalue weighted by atomic mass is 35.5. The fraction of sp³-hybridized carbons (Fsp3) is 0.545. The Morgan fingerprint density at radius 1 is 1.44 bits per heavy atom. The molecule has 0 atom stereocenters. The lowest BCUT2D eigenvalue weighted by atomic mass is 10.1. The van der Waals surface area contributed by atoms with E-state index in [0.29, 0.717) is 34.8 Å². The zero-order chi connectivity index (χ0) is 13.3. The molecule has 1 aromatic heterocycles. The summed E-state index contributed by atoms with van der Waals surface area (Å²) >= 11 is 12.2. The number of nitrogen functional groups attached to an aromatic ring is 1. The van der Waals surface area contributed by atoms with E-state index in [4.69, 9.17) is 33.8 Å². The summed E-state index contributed by atoms with van der Waals surface area (Å²) in [7, 11) is 0. The van der Waals surface area contributed by atoms with Gasteiger partial charge in [0, 0.05) is 13.1 Å². The van der Waals surface area contributed by atoms with Crippen molar-refractivity contribution in [3.63, 3.8) is 0 Å². The van der Waals surface area contributed by atoms with Crippen molar-refractivity contribution in [2.45, 2.75) is 19.4 Å². The number of hydrogen-bond donors (Lipinski definition) is 2. The van der Waals surface area contributed by atoms with Crippen molar-refractivity contribution >= 4 is 34.8 Å². The van der Waals surface area contributed by atoms with Crippen molar-refractivity contribution in [2.24, 2.45) is 5.84 Å². The fourth-order valence-electron chi connectivity index (χ4n) is 1.98. The van der Waals surface area contributed by atoms with Crippen molar-refractivity contribution in [1.82, 2.24) is 4.98 Å². The number of aromatic nitrogens is 1. The summed E-state index contributed by atoms with van der Waals surface area (Å²) in [5.74, 6) is 6.46. The van der Waals surface area contributed by atoms with Crippen LogP contribution in [0.15, 0.2) is 6.07 Å². The second-order valence-corrected chi connectivity index (χ2v) is 5.61. The van der Waals surface area contributed by atoms with Crippen LogP contribution in [0, 0.1) is 0 Å². The number of halogens is 2. The number of hydrazine groups is 1. The molecule has 0 bridgehead atoms. The highest BCUT2D eigenvalue weighted by molar-refractivity contribution is 6.37. The van der Waals surface area contributed by atoms with E-state index in [0.717, 1.165) is 6.54 Å². The lowest BCUT2D eigenvalue weighted by Gasteiger charge is -2.39. The zero-order valence-electron chi connectivity index (χ0n) is 10.3. The second kappa shape index (κ2) is 5.09. The van der Waals surface area contributed by atoms with Crippen LogP contribution in [0.1, 0.15) is 13.8 Å². The van der Waals surface area contributed by atoms with Crippen LogP contribution in [0.3, 0.4) is 0 Å². The number of nitrogens with two attached hydrogens (primary N) is 1. The molecule has 0 spiro atoms. The maximum atomic E-state index is 6.19. The van der Waals surface area contributed by atoms with Gasteiger partial charge in [0.25, 0.3) is 0 Å². The predicted octanol–water partition coefficient (Wildman–Crippen LogP) is 2.29. The zero-order valence-corrected chi connectivity index (χ0v) is 11.8. The van der Waals surface area contributed by atoms with Gasteiger partial charge in [-0.2, -0.15) is 0 Å². The van der Waals surface area contributed by atoms with Crippen LogP contribution in [0.5, 0.6) is 0 Å². The summed E-state index contributed by atoms with van der Waals surface area (Å²) in [4.78, 5) is 6.42. The van der Waals surface area contributed by atoms with Gasteiger partial charge in [-0.05, 0) is 19.9 Å². The minimum Gasteiger partial charge on any atom is -0.372 e. The van der Waals surface area contributed by atoms with Crippen LogP contribution in [-0.2, 0) is 4.74 Å². The van der Waals surface area contributed by atoms with E-state index in [2.05, 4.69) is 15.3 Å². The van der Waals surface area contributed by atoms with Gasteiger partial charge >= 0.3 is 0 Å². The van der Waals surface area contributed by atoms with Crippen LogP contribution >= 0.6 is 23.2 Å². The average Bonchev–Trinajstić information content (AvgIpc) is 2.27. The number of morpholine rings is 1. The Hall–Kier alpha value is -0.750. The Morgan fingerprint density at radius 2 is 2.17 bits per heavy atom. The number of nitrogens with one attached hydrogen (secondary N) is 1. The third-order valence-electron chi connectivity index (χ3n) is 2.77. The highest BCUT2D eigenvalue weighted by Crippen LogP contribution is 2.33. The van der Waals surface area contributed by atoms with E-state index in [9.17, 15) is 0 Å². The normalized spacial score (nSPS) is 18.8. The van der Waals surface area contributed by atoms with Crippen molar-refractivity contribution in [3.05, 3.63) is 16.1 Å². The molecule has 1 fully saturated rings. The minimum atomic E-state index is -0.223. The van der Waals surface area contributed by atoms with Crippen LogP contribution in [0.25, 0.3) is 0 Å². The lowest BCUT2D eigenvalue weighted by Crippen LogP contribution is -2.48. The quantitative estimate of drug-likeness (QED) is 0.646. The van der Waals surface area contributed by atoms with Gasteiger partial charge in [-0.25, -0.2) is 10.8 Å². The molecular weight excluding hydrogens is 275 g/mol. The van der Waals surface area contributed by atoms with E-state index < -0.39 is 0 Å². The second-order valence-electron chi connectivity index (χ2n) is 4.80. The van der Waals surface area contributed by atoms with Gasteiger partial charge in [0.15, 0.2) is 5.82 Å². The van der Waals surface area contributed by atoms with Gasteiger partial charge in [-0.1, -0.05) is 23.2 Å². The minimum absolute atomic E-state index is 0.223. The largest absolute Gasteiger partial charge is 0.372 e. The molecular formula is C11H16Cl2N4O. The number of ether oxygens (including phenoxy) is 1. The summed E-state index contributed by atoms with van der Waals surface area (Å²) in [6.45, 7) is 6.16. The van der Waals surface area contributed by atoms with Crippen LogP contribution in [0.4, 0.5) is 11.6 Å². The summed E-state index contributed by atoms with van der Waals surface area (Å²) in [6, 6.07) is 1.64. The Kier molecular flexibility index (Phi) is 3.87. The Morgan fingerprint density at radius 3 is 2.78 bits per heavy atom. The molecule has 0 radical (unpaired) electrons.